The predicted molar refractivity (Wildman–Crippen MR) is 130 cm³/mol. The van der Waals surface area contributed by atoms with E-state index in [0.29, 0.717) is 30.8 Å². The van der Waals surface area contributed by atoms with E-state index in [2.05, 4.69) is 9.97 Å². The lowest BCUT2D eigenvalue weighted by Gasteiger charge is -2.35. The van der Waals surface area contributed by atoms with Crippen LogP contribution in [0.5, 0.6) is 11.6 Å². The minimum absolute atomic E-state index is 0.180. The van der Waals surface area contributed by atoms with Crippen molar-refractivity contribution in [1.82, 2.24) is 14.3 Å². The van der Waals surface area contributed by atoms with Gasteiger partial charge in [-0.1, -0.05) is 24.3 Å². The maximum atomic E-state index is 14.2. The van der Waals surface area contributed by atoms with Crippen molar-refractivity contribution in [1.29, 1.82) is 0 Å². The van der Waals surface area contributed by atoms with Gasteiger partial charge in [-0.15, -0.1) is 0 Å². The molecule has 1 fully saturated rings. The first-order valence-corrected chi connectivity index (χ1v) is 14.1. The molecule has 2 heterocycles. The van der Waals surface area contributed by atoms with Crippen molar-refractivity contribution < 1.29 is 35.1 Å². The molecule has 2 aromatic carbocycles. The van der Waals surface area contributed by atoms with Crippen molar-refractivity contribution in [3.8, 4) is 11.6 Å². The van der Waals surface area contributed by atoms with E-state index in [4.69, 9.17) is 9.47 Å². The fourth-order valence-corrected chi connectivity index (χ4v) is 6.39. The first kappa shape index (κ1) is 26.7. The Bertz CT molecular complexity index is 1500. The summed E-state index contributed by atoms with van der Waals surface area (Å²) < 4.78 is 93.5. The molecule has 0 unspecified atom stereocenters. The van der Waals surface area contributed by atoms with Crippen LogP contribution in [0.4, 0.5) is 14.6 Å². The van der Waals surface area contributed by atoms with Crippen LogP contribution in [-0.2, 0) is 32.3 Å². The van der Waals surface area contributed by atoms with Crippen LogP contribution >= 0.6 is 0 Å². The number of aromatic nitrogens is 2. The quantitative estimate of drug-likeness (QED) is 0.351. The molecule has 0 radical (unpaired) electrons. The van der Waals surface area contributed by atoms with Crippen LogP contribution in [0, 0.1) is 11.6 Å². The monoisotopic (exact) mass is 554 g/mol. The first-order valence-electron chi connectivity index (χ1n) is 11.0. The molecule has 0 N–H and O–H groups in total. The average molecular weight is 555 g/mol. The van der Waals surface area contributed by atoms with E-state index in [9.17, 15) is 25.6 Å². The molecule has 0 aliphatic carbocycles. The van der Waals surface area contributed by atoms with Gasteiger partial charge in [-0.25, -0.2) is 21.5 Å². The number of rotatable bonds is 10. The van der Waals surface area contributed by atoms with Gasteiger partial charge >= 0.3 is 10.2 Å². The number of halogens is 2. The molecule has 0 saturated carbocycles. The Kier molecular flexibility index (Phi) is 7.62. The summed E-state index contributed by atoms with van der Waals surface area (Å²) in [5.41, 5.74) is 0.157. The summed E-state index contributed by atoms with van der Waals surface area (Å²) in [7, 11) is -5.82. The predicted octanol–water partition coefficient (Wildman–Crippen LogP) is 2.70. The van der Waals surface area contributed by atoms with Crippen LogP contribution in [0.1, 0.15) is 17.5 Å². The van der Waals surface area contributed by atoms with Gasteiger partial charge in [-0.05, 0) is 30.2 Å². The second-order valence-electron chi connectivity index (χ2n) is 8.14. The molecule has 0 bridgehead atoms. The molecule has 1 aliphatic heterocycles. The third kappa shape index (κ3) is 5.65. The molecule has 10 nitrogen and oxygen atoms in total. The number of anilines is 1. The highest BCUT2D eigenvalue weighted by molar-refractivity contribution is 7.90. The van der Waals surface area contributed by atoms with E-state index >= 15 is 0 Å². The van der Waals surface area contributed by atoms with Crippen LogP contribution in [0.3, 0.4) is 0 Å². The smallest absolute Gasteiger partial charge is 0.305 e. The number of benzene rings is 2. The molecule has 198 valence electrons. The van der Waals surface area contributed by atoms with Crippen molar-refractivity contribution in [2.75, 3.05) is 31.6 Å². The second kappa shape index (κ2) is 10.6. The molecule has 1 saturated heterocycles. The third-order valence-corrected chi connectivity index (χ3v) is 9.01. The zero-order valence-corrected chi connectivity index (χ0v) is 21.6. The van der Waals surface area contributed by atoms with Gasteiger partial charge in [-0.3, -0.25) is 0 Å². The largest absolute Gasteiger partial charge is 0.497 e. The maximum absolute atomic E-state index is 14.2. The Morgan fingerprint density at radius 1 is 0.973 bits per heavy atom. The van der Waals surface area contributed by atoms with E-state index < -0.39 is 48.2 Å². The summed E-state index contributed by atoms with van der Waals surface area (Å²) in [6.07, 6.45) is 0.682. The molecular formula is C23H24F2N4O6S2. The van der Waals surface area contributed by atoms with Gasteiger partial charge in [0.15, 0.2) is 17.5 Å². The van der Waals surface area contributed by atoms with E-state index in [1.807, 2.05) is 0 Å². The lowest BCUT2D eigenvalue weighted by molar-refractivity contribution is 0.307. The zero-order chi connectivity index (χ0) is 26.8. The van der Waals surface area contributed by atoms with Crippen molar-refractivity contribution in [3.63, 3.8) is 0 Å². The lowest BCUT2D eigenvalue weighted by Crippen LogP contribution is -2.50. The van der Waals surface area contributed by atoms with Gasteiger partial charge in [0.1, 0.15) is 5.75 Å². The number of ether oxygens (including phenoxy) is 2. The highest BCUT2D eigenvalue weighted by atomic mass is 32.2. The zero-order valence-electron chi connectivity index (χ0n) is 20.0. The third-order valence-electron chi connectivity index (χ3n) is 5.69. The highest BCUT2D eigenvalue weighted by Crippen LogP contribution is 2.29. The maximum Gasteiger partial charge on any atom is 0.305 e. The van der Waals surface area contributed by atoms with Gasteiger partial charge in [-0.2, -0.15) is 22.7 Å². The van der Waals surface area contributed by atoms with E-state index in [1.54, 1.807) is 24.3 Å². The normalized spacial score (nSPS) is 14.2. The minimum atomic E-state index is -4.44. The van der Waals surface area contributed by atoms with Crippen LogP contribution < -0.4 is 13.8 Å². The molecule has 1 aliphatic rings. The fourth-order valence-electron chi connectivity index (χ4n) is 3.53. The Hall–Kier alpha value is -3.36. The van der Waals surface area contributed by atoms with Gasteiger partial charge < -0.3 is 9.47 Å². The molecule has 37 heavy (non-hydrogen) atoms. The first-order chi connectivity index (χ1) is 17.5. The molecule has 0 spiro atoms. The average Bonchev–Trinajstić information content (AvgIpc) is 2.83. The molecule has 14 heteroatoms. The van der Waals surface area contributed by atoms with Gasteiger partial charge in [0.05, 0.1) is 26.5 Å². The highest BCUT2D eigenvalue weighted by Gasteiger charge is 2.36. The molecule has 0 amide bonds. The summed E-state index contributed by atoms with van der Waals surface area (Å²) in [4.78, 5) is 7.89. The summed E-state index contributed by atoms with van der Waals surface area (Å²) in [5.74, 6) is -3.36. The fraction of sp³-hybridized carbons (Fsp3) is 0.304. The Morgan fingerprint density at radius 2 is 1.68 bits per heavy atom. The number of nitrogens with zero attached hydrogens (tertiary/aromatic N) is 4. The SMILES string of the molecule is COc1ccc(CN(c2cc(OC)nc(S(=O)(=O)Cc3cccc(F)c3F)n2)S(=O)(=O)N2CCC2)cc1. The molecular weight excluding hydrogens is 530 g/mol. The van der Waals surface area contributed by atoms with Crippen molar-refractivity contribution in [2.24, 2.45) is 0 Å². The van der Waals surface area contributed by atoms with E-state index in [0.717, 1.165) is 16.4 Å². The standard InChI is InChI=1S/C23H24F2N4O6S2/c1-34-18-9-7-16(8-10-18)14-29(37(32,33)28-11-4-12-28)20-13-21(35-2)27-23(26-20)36(30,31)15-17-5-3-6-19(24)22(17)25/h3,5-10,13H,4,11-12,14-15H2,1-2H3. The summed E-state index contributed by atoms with van der Waals surface area (Å²) >= 11 is 0. The van der Waals surface area contributed by atoms with Crippen LogP contribution in [0.2, 0.25) is 0 Å². The van der Waals surface area contributed by atoms with E-state index in [1.165, 1.54) is 30.7 Å². The van der Waals surface area contributed by atoms with Crippen molar-refractivity contribution in [3.05, 3.63) is 71.3 Å². The summed E-state index contributed by atoms with van der Waals surface area (Å²) in [5, 5.41) is -0.788. The molecule has 0 atom stereocenters. The lowest BCUT2D eigenvalue weighted by atomic mass is 10.2. The number of sulfone groups is 1. The topological polar surface area (TPSA) is 119 Å². The number of hydrogen-bond donors (Lipinski definition) is 0. The Balaban J connectivity index is 1.78. The molecule has 4 rings (SSSR count). The summed E-state index contributed by atoms with van der Waals surface area (Å²) in [6, 6.07) is 11.0. The number of methoxy groups -OCH3 is 2. The van der Waals surface area contributed by atoms with Gasteiger partial charge in [0.25, 0.3) is 5.16 Å². The number of hydrogen-bond acceptors (Lipinski definition) is 8. The summed E-state index contributed by atoms with van der Waals surface area (Å²) in [6.45, 7) is 0.419. The Morgan fingerprint density at radius 3 is 2.27 bits per heavy atom. The van der Waals surface area contributed by atoms with Crippen LogP contribution in [0.25, 0.3) is 0 Å². The molecule has 3 aromatic rings. The van der Waals surface area contributed by atoms with Crippen LogP contribution in [-0.4, -0.2) is 58.4 Å². The van der Waals surface area contributed by atoms with Crippen molar-refractivity contribution >= 4 is 25.9 Å². The van der Waals surface area contributed by atoms with E-state index in [-0.39, 0.29) is 18.2 Å². The van der Waals surface area contributed by atoms with Gasteiger partial charge in [0, 0.05) is 24.7 Å². The Labute approximate surface area is 213 Å². The van der Waals surface area contributed by atoms with Crippen molar-refractivity contribution in [2.45, 2.75) is 23.9 Å². The minimum Gasteiger partial charge on any atom is -0.497 e. The van der Waals surface area contributed by atoms with Crippen LogP contribution in [0.15, 0.2) is 53.7 Å². The molecule has 1 aromatic heterocycles. The van der Waals surface area contributed by atoms with Gasteiger partial charge in [0.2, 0.25) is 15.7 Å². The second-order valence-corrected chi connectivity index (χ2v) is 11.9.